The molecule has 6 rings (SSSR count). The molecule has 170 valence electrons. The van der Waals surface area contributed by atoms with E-state index in [1.54, 1.807) is 0 Å². The summed E-state index contributed by atoms with van der Waals surface area (Å²) in [7, 11) is 0. The molecule has 12 heteroatoms. The monoisotopic (exact) mass is 457 g/mol. The summed E-state index contributed by atoms with van der Waals surface area (Å²) in [4.78, 5) is 22.3. The number of amides is 1. The minimum Gasteiger partial charge on any atom is -0.416 e. The van der Waals surface area contributed by atoms with Gasteiger partial charge in [0.15, 0.2) is 0 Å². The van der Waals surface area contributed by atoms with E-state index in [-0.39, 0.29) is 29.1 Å². The normalized spacial score (nSPS) is 19.6. The van der Waals surface area contributed by atoms with E-state index in [1.165, 1.54) is 29.4 Å². The molecule has 1 aliphatic carbocycles. The van der Waals surface area contributed by atoms with Crippen molar-refractivity contribution in [1.82, 2.24) is 34.7 Å². The van der Waals surface area contributed by atoms with Crippen LogP contribution >= 0.6 is 0 Å². The van der Waals surface area contributed by atoms with Gasteiger partial charge in [-0.25, -0.2) is 9.50 Å². The summed E-state index contributed by atoms with van der Waals surface area (Å²) in [5.74, 6) is -0.242. The number of nitrogens with one attached hydrogen (secondary N) is 1. The van der Waals surface area contributed by atoms with E-state index in [4.69, 9.17) is 4.42 Å². The van der Waals surface area contributed by atoms with Crippen LogP contribution in [0.15, 0.2) is 35.0 Å². The smallest absolute Gasteiger partial charge is 0.416 e. The van der Waals surface area contributed by atoms with E-state index in [2.05, 4.69) is 25.3 Å². The second kappa shape index (κ2) is 6.65. The number of aromatic amines is 1. The Bertz CT molecular complexity index is 1380. The Labute approximate surface area is 184 Å². The molecule has 1 aliphatic heterocycles. The van der Waals surface area contributed by atoms with E-state index in [1.807, 2.05) is 6.92 Å². The standard InChI is InChI=1S/C21H18F3N7O2/c1-20(6-7-20)19-28-27-17(33-19)18(32)30-8-5-12-15(26-10-25-12)16(30)13-9-11-3-2-4-14(21(22,23)24)31(11)29-13/h2-4,9-10,16H,5-8H2,1H3,(H,25,26). The zero-order valence-electron chi connectivity index (χ0n) is 17.4. The number of nitrogens with zero attached hydrogens (tertiary/aromatic N) is 6. The molecule has 0 radical (unpaired) electrons. The van der Waals surface area contributed by atoms with Gasteiger partial charge in [0.05, 0.1) is 23.2 Å². The molecule has 0 aromatic carbocycles. The molecule has 2 aliphatic rings. The highest BCUT2D eigenvalue weighted by Crippen LogP contribution is 2.47. The predicted octanol–water partition coefficient (Wildman–Crippen LogP) is 3.30. The summed E-state index contributed by atoms with van der Waals surface area (Å²) in [6, 6.07) is 4.55. The van der Waals surface area contributed by atoms with Gasteiger partial charge in [0, 0.05) is 24.1 Å². The van der Waals surface area contributed by atoms with Crippen LogP contribution in [-0.4, -0.2) is 47.1 Å². The molecule has 4 aromatic heterocycles. The first-order valence-corrected chi connectivity index (χ1v) is 10.5. The summed E-state index contributed by atoms with van der Waals surface area (Å²) < 4.78 is 47.1. The molecule has 0 spiro atoms. The maximum absolute atomic E-state index is 13.5. The number of aromatic nitrogens is 6. The summed E-state index contributed by atoms with van der Waals surface area (Å²) >= 11 is 0. The molecule has 1 fully saturated rings. The van der Waals surface area contributed by atoms with Crippen LogP contribution in [0.4, 0.5) is 13.2 Å². The number of pyridine rings is 1. The number of imidazole rings is 1. The summed E-state index contributed by atoms with van der Waals surface area (Å²) in [5, 5.41) is 12.2. The number of rotatable bonds is 3. The van der Waals surface area contributed by atoms with Crippen LogP contribution < -0.4 is 0 Å². The molecule has 9 nitrogen and oxygen atoms in total. The third-order valence-electron chi connectivity index (χ3n) is 6.39. The molecule has 1 atom stereocenters. The van der Waals surface area contributed by atoms with Gasteiger partial charge in [-0.3, -0.25) is 4.79 Å². The minimum absolute atomic E-state index is 0.151. The minimum atomic E-state index is -4.58. The first kappa shape index (κ1) is 19.9. The number of halogens is 3. The number of fused-ring (bicyclic) bond motifs is 2. The Morgan fingerprint density at radius 2 is 2.09 bits per heavy atom. The molecule has 1 N–H and O–H groups in total. The topological polar surface area (TPSA) is 105 Å². The Morgan fingerprint density at radius 1 is 1.27 bits per heavy atom. The SMILES string of the molecule is CC1(c2nnc(C(=O)N3CCc4[nH]cnc4C3c3cc4cccc(C(F)(F)F)n4n3)o2)CC1. The number of carbonyl (C=O) groups is 1. The van der Waals surface area contributed by atoms with Crippen molar-refractivity contribution in [1.29, 1.82) is 0 Å². The summed E-state index contributed by atoms with van der Waals surface area (Å²) in [6.45, 7) is 2.27. The van der Waals surface area contributed by atoms with Gasteiger partial charge in [0.1, 0.15) is 11.7 Å². The molecule has 5 heterocycles. The van der Waals surface area contributed by atoms with Crippen molar-refractivity contribution in [2.45, 2.75) is 43.8 Å². The van der Waals surface area contributed by atoms with Crippen molar-refractivity contribution in [2.24, 2.45) is 0 Å². The number of hydrogen-bond acceptors (Lipinski definition) is 6. The van der Waals surface area contributed by atoms with Crippen molar-refractivity contribution in [2.75, 3.05) is 6.54 Å². The second-order valence-electron chi connectivity index (χ2n) is 8.71. The Morgan fingerprint density at radius 3 is 2.85 bits per heavy atom. The molecule has 0 bridgehead atoms. The van der Waals surface area contributed by atoms with Crippen molar-refractivity contribution in [3.63, 3.8) is 0 Å². The van der Waals surface area contributed by atoms with Crippen LogP contribution in [0.25, 0.3) is 5.52 Å². The lowest BCUT2D eigenvalue weighted by atomic mass is 9.99. The molecule has 1 saturated carbocycles. The number of alkyl halides is 3. The summed E-state index contributed by atoms with van der Waals surface area (Å²) in [6.07, 6.45) is -0.761. The highest BCUT2D eigenvalue weighted by Gasteiger charge is 2.45. The van der Waals surface area contributed by atoms with Crippen molar-refractivity contribution < 1.29 is 22.4 Å². The van der Waals surface area contributed by atoms with Gasteiger partial charge < -0.3 is 14.3 Å². The zero-order chi connectivity index (χ0) is 23.0. The van der Waals surface area contributed by atoms with Crippen LogP contribution in [0.3, 0.4) is 0 Å². The highest BCUT2D eigenvalue weighted by atomic mass is 19.4. The fourth-order valence-electron chi connectivity index (χ4n) is 4.26. The van der Waals surface area contributed by atoms with E-state index < -0.39 is 23.8 Å². The van der Waals surface area contributed by atoms with Crippen molar-refractivity contribution in [3.8, 4) is 0 Å². The Kier molecular flexibility index (Phi) is 4.02. The van der Waals surface area contributed by atoms with E-state index in [0.29, 0.717) is 18.0 Å². The third kappa shape index (κ3) is 3.11. The van der Waals surface area contributed by atoms with Gasteiger partial charge in [-0.2, -0.15) is 18.3 Å². The number of H-pyrrole nitrogens is 1. The first-order valence-electron chi connectivity index (χ1n) is 10.5. The molecular formula is C21H18F3N7O2. The first-order chi connectivity index (χ1) is 15.7. The van der Waals surface area contributed by atoms with Gasteiger partial charge in [0.2, 0.25) is 5.89 Å². The lowest BCUT2D eigenvalue weighted by Crippen LogP contribution is -2.41. The number of hydrogen-bond donors (Lipinski definition) is 1. The average molecular weight is 457 g/mol. The van der Waals surface area contributed by atoms with Crippen LogP contribution in [0.5, 0.6) is 0 Å². The van der Waals surface area contributed by atoms with E-state index >= 15 is 0 Å². The average Bonchev–Trinajstić information content (AvgIpc) is 3.23. The largest absolute Gasteiger partial charge is 0.433 e. The van der Waals surface area contributed by atoms with Crippen LogP contribution in [-0.2, 0) is 18.0 Å². The Hall–Kier alpha value is -3.70. The fourth-order valence-corrected chi connectivity index (χ4v) is 4.26. The van der Waals surface area contributed by atoms with E-state index in [0.717, 1.165) is 29.1 Å². The highest BCUT2D eigenvalue weighted by molar-refractivity contribution is 5.90. The molecular weight excluding hydrogens is 439 g/mol. The maximum atomic E-state index is 13.5. The predicted molar refractivity (Wildman–Crippen MR) is 106 cm³/mol. The third-order valence-corrected chi connectivity index (χ3v) is 6.39. The molecule has 4 aromatic rings. The van der Waals surface area contributed by atoms with Crippen LogP contribution in [0, 0.1) is 0 Å². The number of carbonyl (C=O) groups excluding carboxylic acids is 1. The van der Waals surface area contributed by atoms with Crippen LogP contribution in [0.1, 0.15) is 65.2 Å². The lowest BCUT2D eigenvalue weighted by Gasteiger charge is -2.32. The maximum Gasteiger partial charge on any atom is 0.433 e. The quantitative estimate of drug-likeness (QED) is 0.506. The second-order valence-corrected chi connectivity index (χ2v) is 8.71. The molecule has 1 unspecified atom stereocenters. The van der Waals surface area contributed by atoms with Gasteiger partial charge in [-0.05, 0) is 31.0 Å². The van der Waals surface area contributed by atoms with Crippen LogP contribution in [0.2, 0.25) is 0 Å². The lowest BCUT2D eigenvalue weighted by molar-refractivity contribution is -0.142. The molecule has 1 amide bonds. The van der Waals surface area contributed by atoms with Gasteiger partial charge in [-0.15, -0.1) is 10.2 Å². The van der Waals surface area contributed by atoms with Crippen molar-refractivity contribution in [3.05, 3.63) is 65.1 Å². The fraction of sp³-hybridized carbons (Fsp3) is 0.381. The van der Waals surface area contributed by atoms with Crippen molar-refractivity contribution >= 4 is 11.4 Å². The van der Waals surface area contributed by atoms with E-state index in [9.17, 15) is 18.0 Å². The molecule has 0 saturated heterocycles. The van der Waals surface area contributed by atoms with Gasteiger partial charge in [0.25, 0.3) is 0 Å². The molecule has 33 heavy (non-hydrogen) atoms. The Balaban J connectivity index is 1.44. The summed E-state index contributed by atoms with van der Waals surface area (Å²) in [5.41, 5.74) is 0.756. The van der Waals surface area contributed by atoms with Gasteiger partial charge in [-0.1, -0.05) is 13.0 Å². The van der Waals surface area contributed by atoms with Gasteiger partial charge >= 0.3 is 18.0 Å². The zero-order valence-corrected chi connectivity index (χ0v) is 17.4.